The lowest BCUT2D eigenvalue weighted by molar-refractivity contribution is -0.106. The lowest BCUT2D eigenvalue weighted by Crippen LogP contribution is -2.11. The summed E-state index contributed by atoms with van der Waals surface area (Å²) in [7, 11) is 0. The maximum Gasteiger partial charge on any atom is 0.116 e. The molecule has 0 aliphatic heterocycles. The van der Waals surface area contributed by atoms with Gasteiger partial charge in [0.15, 0.2) is 0 Å². The molecule has 0 aliphatic carbocycles. The summed E-state index contributed by atoms with van der Waals surface area (Å²) in [6.45, 7) is 12.1. The minimum Gasteiger partial charge on any atom is -0.401 e. The van der Waals surface area contributed by atoms with Crippen LogP contribution in [0, 0.1) is 0 Å². The number of aromatic nitrogens is 1. The van der Waals surface area contributed by atoms with E-state index in [1.165, 1.54) is 6.92 Å². The molecule has 0 radical (unpaired) electrons. The Morgan fingerprint density at radius 1 is 1.09 bits per heavy atom. The SMILES string of the molecule is C=C/C(N)=C\C=C(/C)c1ccc(-c2ccccc2Cl)n1C/C(N)=C/C=C\CN.CC.CC=O. The molecule has 0 bridgehead atoms. The van der Waals surface area contributed by atoms with E-state index in [4.69, 9.17) is 33.6 Å². The van der Waals surface area contributed by atoms with Crippen molar-refractivity contribution in [1.29, 1.82) is 0 Å². The van der Waals surface area contributed by atoms with E-state index in [1.54, 1.807) is 6.08 Å². The highest BCUT2D eigenvalue weighted by atomic mass is 35.5. The molecule has 1 aromatic carbocycles. The van der Waals surface area contributed by atoms with Gasteiger partial charge in [-0.1, -0.05) is 68.5 Å². The Hall–Kier alpha value is -3.28. The van der Waals surface area contributed by atoms with Crippen LogP contribution in [0.15, 0.2) is 90.8 Å². The molecule has 1 aromatic heterocycles. The molecule has 1 heterocycles. The number of nitrogens with two attached hydrogens (primary N) is 3. The van der Waals surface area contributed by atoms with Crippen LogP contribution in [0.4, 0.5) is 0 Å². The molecule has 0 saturated carbocycles. The van der Waals surface area contributed by atoms with Crippen LogP contribution >= 0.6 is 11.6 Å². The van der Waals surface area contributed by atoms with E-state index in [2.05, 4.69) is 23.3 Å². The van der Waals surface area contributed by atoms with Crippen molar-refractivity contribution in [2.45, 2.75) is 34.2 Å². The first-order valence-corrected chi connectivity index (χ1v) is 11.2. The summed E-state index contributed by atoms with van der Waals surface area (Å²) >= 11 is 6.44. The summed E-state index contributed by atoms with van der Waals surface area (Å²) in [6.07, 6.45) is 11.7. The highest BCUT2D eigenvalue weighted by Gasteiger charge is 2.14. The number of nitrogens with zero attached hydrogens (tertiary/aromatic N) is 1. The highest BCUT2D eigenvalue weighted by molar-refractivity contribution is 6.33. The van der Waals surface area contributed by atoms with Gasteiger partial charge in [-0.2, -0.15) is 0 Å². The molecular formula is C27H37ClN4O. The van der Waals surface area contributed by atoms with Gasteiger partial charge in [-0.15, -0.1) is 0 Å². The molecule has 0 aliphatic rings. The number of allylic oxidation sites excluding steroid dienone is 7. The number of carbonyl (C=O) groups excluding carboxylic acids is 1. The first kappa shape index (κ1) is 29.7. The predicted octanol–water partition coefficient (Wildman–Crippen LogP) is 5.83. The number of rotatable bonds is 8. The van der Waals surface area contributed by atoms with Gasteiger partial charge in [0, 0.05) is 34.2 Å². The fourth-order valence-corrected chi connectivity index (χ4v) is 3.00. The second-order valence-corrected chi connectivity index (χ2v) is 6.94. The van der Waals surface area contributed by atoms with Gasteiger partial charge in [0.25, 0.3) is 0 Å². The van der Waals surface area contributed by atoms with Gasteiger partial charge in [-0.25, -0.2) is 0 Å². The molecule has 0 fully saturated rings. The lowest BCUT2D eigenvalue weighted by Gasteiger charge is -2.15. The molecule has 33 heavy (non-hydrogen) atoms. The Morgan fingerprint density at radius 2 is 1.73 bits per heavy atom. The lowest BCUT2D eigenvalue weighted by atomic mass is 10.1. The van der Waals surface area contributed by atoms with Gasteiger partial charge in [0.05, 0.1) is 12.2 Å². The third-order valence-corrected chi connectivity index (χ3v) is 4.55. The second kappa shape index (κ2) is 17.3. The summed E-state index contributed by atoms with van der Waals surface area (Å²) in [4.78, 5) is 8.81. The summed E-state index contributed by atoms with van der Waals surface area (Å²) in [6, 6.07) is 11.9. The summed E-state index contributed by atoms with van der Waals surface area (Å²) in [5, 5.41) is 0.691. The van der Waals surface area contributed by atoms with E-state index in [0.717, 1.165) is 28.8 Å². The van der Waals surface area contributed by atoms with Crippen LogP contribution in [0.25, 0.3) is 16.8 Å². The summed E-state index contributed by atoms with van der Waals surface area (Å²) in [5.41, 5.74) is 22.9. The number of benzene rings is 1. The van der Waals surface area contributed by atoms with Crippen LogP contribution in [0.5, 0.6) is 0 Å². The molecule has 0 unspecified atom stereocenters. The number of hydrogen-bond donors (Lipinski definition) is 3. The molecular weight excluding hydrogens is 432 g/mol. The minimum absolute atomic E-state index is 0.475. The van der Waals surface area contributed by atoms with Crippen molar-refractivity contribution in [1.82, 2.24) is 4.57 Å². The normalized spacial score (nSPS) is 11.9. The zero-order chi connectivity index (χ0) is 25.2. The minimum atomic E-state index is 0.475. The van der Waals surface area contributed by atoms with Crippen LogP contribution in [0.3, 0.4) is 0 Å². The maximum absolute atomic E-state index is 8.81. The fourth-order valence-electron chi connectivity index (χ4n) is 2.77. The molecule has 0 saturated heterocycles. The van der Waals surface area contributed by atoms with E-state index < -0.39 is 0 Å². The summed E-state index contributed by atoms with van der Waals surface area (Å²) in [5.74, 6) is 0. The largest absolute Gasteiger partial charge is 0.401 e. The van der Waals surface area contributed by atoms with Crippen LogP contribution in [0.1, 0.15) is 33.4 Å². The Bertz CT molecular complexity index is 997. The zero-order valence-electron chi connectivity index (χ0n) is 20.1. The molecule has 6 N–H and O–H groups in total. The van der Waals surface area contributed by atoms with Crippen LogP contribution < -0.4 is 17.2 Å². The van der Waals surface area contributed by atoms with Crippen molar-refractivity contribution in [3.05, 3.63) is 102 Å². The topological polar surface area (TPSA) is 100 Å². The zero-order valence-corrected chi connectivity index (χ0v) is 20.8. The van der Waals surface area contributed by atoms with E-state index in [9.17, 15) is 0 Å². The molecule has 2 rings (SSSR count). The monoisotopic (exact) mass is 468 g/mol. The first-order valence-electron chi connectivity index (χ1n) is 10.8. The number of carbonyl (C=O) groups is 1. The molecule has 0 spiro atoms. The van der Waals surface area contributed by atoms with Crippen molar-refractivity contribution >= 4 is 23.5 Å². The Labute approximate surface area is 203 Å². The molecule has 6 heteroatoms. The standard InChI is InChI=1S/C23H27ClN4.C2H4O.C2H6/c1-3-18(26)12-11-17(2)22-13-14-23(20-9-4-5-10-21(20)24)28(22)16-19(27)8-6-7-15-25;1-2-3;1-2/h3-14H,1,15-16,25-27H2,2H3;2H,1H3;1-2H3/b7-6-,17-11+,18-12+,19-8-;;. The molecule has 5 nitrogen and oxygen atoms in total. The quantitative estimate of drug-likeness (QED) is 0.335. The Balaban J connectivity index is 0.00000189. The molecule has 178 valence electrons. The van der Waals surface area contributed by atoms with Crippen LogP contribution in [-0.2, 0) is 11.3 Å². The van der Waals surface area contributed by atoms with Crippen molar-refractivity contribution in [2.24, 2.45) is 17.2 Å². The van der Waals surface area contributed by atoms with Crippen LogP contribution in [0.2, 0.25) is 5.02 Å². The van der Waals surface area contributed by atoms with E-state index in [0.29, 0.717) is 29.5 Å². The maximum atomic E-state index is 8.81. The Kier molecular flexibility index (Phi) is 15.6. The van der Waals surface area contributed by atoms with Gasteiger partial charge >= 0.3 is 0 Å². The predicted molar refractivity (Wildman–Crippen MR) is 145 cm³/mol. The number of aldehydes is 1. The smallest absolute Gasteiger partial charge is 0.116 e. The van der Waals surface area contributed by atoms with E-state index in [-0.39, 0.29) is 0 Å². The van der Waals surface area contributed by atoms with Crippen molar-refractivity contribution < 1.29 is 4.79 Å². The number of halogens is 1. The van der Waals surface area contributed by atoms with Crippen LogP contribution in [-0.4, -0.2) is 17.4 Å². The highest BCUT2D eigenvalue weighted by Crippen LogP contribution is 2.31. The average molecular weight is 469 g/mol. The van der Waals surface area contributed by atoms with Gasteiger partial charge in [0.2, 0.25) is 0 Å². The van der Waals surface area contributed by atoms with Crippen molar-refractivity contribution in [3.8, 4) is 11.3 Å². The van der Waals surface area contributed by atoms with Gasteiger partial charge in [-0.05, 0) is 55.8 Å². The third kappa shape index (κ3) is 10.3. The third-order valence-electron chi connectivity index (χ3n) is 4.22. The van der Waals surface area contributed by atoms with Gasteiger partial charge < -0.3 is 26.6 Å². The molecule has 0 atom stereocenters. The van der Waals surface area contributed by atoms with Gasteiger partial charge in [-0.3, -0.25) is 0 Å². The number of hydrogen-bond acceptors (Lipinski definition) is 4. The second-order valence-electron chi connectivity index (χ2n) is 6.53. The average Bonchev–Trinajstić information content (AvgIpc) is 3.22. The van der Waals surface area contributed by atoms with Gasteiger partial charge in [0.1, 0.15) is 6.29 Å². The van der Waals surface area contributed by atoms with E-state index >= 15 is 0 Å². The Morgan fingerprint density at radius 3 is 2.30 bits per heavy atom. The summed E-state index contributed by atoms with van der Waals surface area (Å²) < 4.78 is 2.15. The van der Waals surface area contributed by atoms with Crippen molar-refractivity contribution in [2.75, 3.05) is 6.54 Å². The molecule has 0 amide bonds. The van der Waals surface area contributed by atoms with E-state index in [1.807, 2.05) is 75.4 Å². The van der Waals surface area contributed by atoms with Crippen molar-refractivity contribution in [3.63, 3.8) is 0 Å². The first-order chi connectivity index (χ1) is 15.9. The fraction of sp³-hybridized carbons (Fsp3) is 0.222. The molecule has 2 aromatic rings.